The van der Waals surface area contributed by atoms with Crippen LogP contribution in [0.25, 0.3) is 0 Å². The molecule has 2 heterocycles. The first-order valence-corrected chi connectivity index (χ1v) is 7.46. The van der Waals surface area contributed by atoms with Crippen molar-refractivity contribution < 1.29 is 9.13 Å². The maximum atomic E-state index is 13.7. The van der Waals surface area contributed by atoms with E-state index in [1.807, 2.05) is 6.07 Å². The van der Waals surface area contributed by atoms with Gasteiger partial charge in [-0.25, -0.2) is 4.39 Å². The molecule has 0 bridgehead atoms. The summed E-state index contributed by atoms with van der Waals surface area (Å²) in [4.78, 5) is 2.46. The zero-order valence-corrected chi connectivity index (χ0v) is 12.1. The van der Waals surface area contributed by atoms with Gasteiger partial charge in [0.05, 0.1) is 7.11 Å². The zero-order valence-electron chi connectivity index (χ0n) is 12.1. The molecule has 0 atom stereocenters. The molecule has 0 amide bonds. The number of rotatable bonds is 3. The Kier molecular flexibility index (Phi) is 3.94. The SMILES string of the molecule is COc1ccc(CN2CCC3(CCNCC3)C2)cc1F. The van der Waals surface area contributed by atoms with E-state index in [-0.39, 0.29) is 5.82 Å². The summed E-state index contributed by atoms with van der Waals surface area (Å²) in [6.45, 7) is 5.42. The van der Waals surface area contributed by atoms with Gasteiger partial charge in [-0.15, -0.1) is 0 Å². The fraction of sp³-hybridized carbons (Fsp3) is 0.625. The van der Waals surface area contributed by atoms with Crippen LogP contribution >= 0.6 is 0 Å². The molecule has 1 aromatic carbocycles. The topological polar surface area (TPSA) is 24.5 Å². The van der Waals surface area contributed by atoms with E-state index in [4.69, 9.17) is 4.74 Å². The van der Waals surface area contributed by atoms with Crippen LogP contribution in [-0.2, 0) is 6.54 Å². The van der Waals surface area contributed by atoms with Crippen LogP contribution in [0.3, 0.4) is 0 Å². The van der Waals surface area contributed by atoms with E-state index in [1.54, 1.807) is 12.1 Å². The van der Waals surface area contributed by atoms with Gasteiger partial charge < -0.3 is 10.1 Å². The zero-order chi connectivity index (χ0) is 14.0. The van der Waals surface area contributed by atoms with Gasteiger partial charge in [-0.3, -0.25) is 4.90 Å². The first kappa shape index (κ1) is 13.8. The maximum Gasteiger partial charge on any atom is 0.165 e. The first-order valence-electron chi connectivity index (χ1n) is 7.46. The quantitative estimate of drug-likeness (QED) is 0.919. The third-order valence-electron chi connectivity index (χ3n) is 4.80. The Hall–Kier alpha value is -1.13. The Balaban J connectivity index is 1.63. The molecule has 0 unspecified atom stereocenters. The molecule has 1 N–H and O–H groups in total. The van der Waals surface area contributed by atoms with Crippen LogP contribution in [0.2, 0.25) is 0 Å². The van der Waals surface area contributed by atoms with Gasteiger partial charge in [0.2, 0.25) is 0 Å². The highest BCUT2D eigenvalue weighted by atomic mass is 19.1. The maximum absolute atomic E-state index is 13.7. The van der Waals surface area contributed by atoms with E-state index in [2.05, 4.69) is 10.2 Å². The summed E-state index contributed by atoms with van der Waals surface area (Å²) in [6, 6.07) is 5.29. The molecule has 110 valence electrons. The molecule has 1 spiro atoms. The minimum absolute atomic E-state index is 0.263. The number of nitrogens with zero attached hydrogens (tertiary/aromatic N) is 1. The summed E-state index contributed by atoms with van der Waals surface area (Å²) in [5.74, 6) is 0.0609. The lowest BCUT2D eigenvalue weighted by molar-refractivity contribution is 0.194. The Morgan fingerprint density at radius 2 is 2.10 bits per heavy atom. The van der Waals surface area contributed by atoms with Crippen molar-refractivity contribution in [3.05, 3.63) is 29.6 Å². The number of hydrogen-bond acceptors (Lipinski definition) is 3. The van der Waals surface area contributed by atoms with Crippen LogP contribution < -0.4 is 10.1 Å². The second kappa shape index (κ2) is 5.70. The fourth-order valence-corrected chi connectivity index (χ4v) is 3.59. The number of halogens is 1. The third-order valence-corrected chi connectivity index (χ3v) is 4.80. The Morgan fingerprint density at radius 1 is 1.30 bits per heavy atom. The van der Waals surface area contributed by atoms with Crippen molar-refractivity contribution in [1.29, 1.82) is 0 Å². The van der Waals surface area contributed by atoms with Crippen molar-refractivity contribution in [2.75, 3.05) is 33.3 Å². The summed E-state index contributed by atoms with van der Waals surface area (Å²) >= 11 is 0. The fourth-order valence-electron chi connectivity index (χ4n) is 3.59. The van der Waals surface area contributed by atoms with Gasteiger partial charge >= 0.3 is 0 Å². The molecule has 20 heavy (non-hydrogen) atoms. The number of methoxy groups -OCH3 is 1. The minimum Gasteiger partial charge on any atom is -0.494 e. The number of nitrogens with one attached hydrogen (secondary N) is 1. The van der Waals surface area contributed by atoms with Crippen LogP contribution in [0.4, 0.5) is 4.39 Å². The normalized spacial score (nSPS) is 22.3. The van der Waals surface area contributed by atoms with E-state index in [1.165, 1.54) is 26.4 Å². The highest BCUT2D eigenvalue weighted by Gasteiger charge is 2.38. The summed E-state index contributed by atoms with van der Waals surface area (Å²) in [5.41, 5.74) is 1.55. The van der Waals surface area contributed by atoms with Crippen LogP contribution in [-0.4, -0.2) is 38.2 Å². The van der Waals surface area contributed by atoms with Crippen molar-refractivity contribution >= 4 is 0 Å². The Bertz CT molecular complexity index is 472. The first-order chi connectivity index (χ1) is 9.71. The lowest BCUT2D eigenvalue weighted by atomic mass is 9.78. The Morgan fingerprint density at radius 3 is 2.80 bits per heavy atom. The second-order valence-corrected chi connectivity index (χ2v) is 6.18. The number of hydrogen-bond donors (Lipinski definition) is 1. The summed E-state index contributed by atoms with van der Waals surface area (Å²) in [6.07, 6.45) is 3.84. The Labute approximate surface area is 120 Å². The lowest BCUT2D eigenvalue weighted by Gasteiger charge is -2.33. The highest BCUT2D eigenvalue weighted by molar-refractivity contribution is 5.29. The molecular formula is C16H23FN2O. The van der Waals surface area contributed by atoms with E-state index >= 15 is 0 Å². The molecular weight excluding hydrogens is 255 g/mol. The van der Waals surface area contributed by atoms with Crippen molar-refractivity contribution in [2.24, 2.45) is 5.41 Å². The van der Waals surface area contributed by atoms with Gasteiger partial charge in [-0.05, 0) is 62.0 Å². The van der Waals surface area contributed by atoms with E-state index < -0.39 is 0 Å². The summed E-state index contributed by atoms with van der Waals surface area (Å²) in [7, 11) is 1.50. The minimum atomic E-state index is -0.263. The predicted molar refractivity (Wildman–Crippen MR) is 77.4 cm³/mol. The average molecular weight is 278 g/mol. The highest BCUT2D eigenvalue weighted by Crippen LogP contribution is 2.39. The van der Waals surface area contributed by atoms with Gasteiger partial charge in [0.25, 0.3) is 0 Å². The summed E-state index contributed by atoms with van der Waals surface area (Å²) < 4.78 is 18.7. The van der Waals surface area contributed by atoms with Crippen LogP contribution in [0, 0.1) is 11.2 Å². The van der Waals surface area contributed by atoms with Gasteiger partial charge in [0.15, 0.2) is 11.6 Å². The van der Waals surface area contributed by atoms with E-state index in [9.17, 15) is 4.39 Å². The van der Waals surface area contributed by atoms with Gasteiger partial charge in [0.1, 0.15) is 0 Å². The molecule has 3 rings (SSSR count). The van der Waals surface area contributed by atoms with Crippen LogP contribution in [0.1, 0.15) is 24.8 Å². The molecule has 0 aromatic heterocycles. The molecule has 2 aliphatic rings. The standard InChI is InChI=1S/C16H23FN2O/c1-20-15-3-2-13(10-14(15)17)11-19-9-6-16(12-19)4-7-18-8-5-16/h2-3,10,18H,4-9,11-12H2,1H3. The average Bonchev–Trinajstić information content (AvgIpc) is 2.82. The van der Waals surface area contributed by atoms with Gasteiger partial charge in [-0.2, -0.15) is 0 Å². The van der Waals surface area contributed by atoms with Crippen molar-refractivity contribution in [1.82, 2.24) is 10.2 Å². The largest absolute Gasteiger partial charge is 0.494 e. The molecule has 3 nitrogen and oxygen atoms in total. The summed E-state index contributed by atoms with van der Waals surface area (Å²) in [5, 5.41) is 3.44. The van der Waals surface area contributed by atoms with E-state index in [0.717, 1.165) is 38.3 Å². The van der Waals surface area contributed by atoms with Gasteiger partial charge in [0, 0.05) is 13.1 Å². The monoisotopic (exact) mass is 278 g/mol. The number of likely N-dealkylation sites (tertiary alicyclic amines) is 1. The van der Waals surface area contributed by atoms with Crippen molar-refractivity contribution in [2.45, 2.75) is 25.8 Å². The van der Waals surface area contributed by atoms with Crippen LogP contribution in [0.5, 0.6) is 5.75 Å². The predicted octanol–water partition coefficient (Wildman–Crippen LogP) is 2.41. The molecule has 4 heteroatoms. The van der Waals surface area contributed by atoms with E-state index in [0.29, 0.717) is 11.2 Å². The van der Waals surface area contributed by atoms with Crippen molar-refractivity contribution in [3.63, 3.8) is 0 Å². The second-order valence-electron chi connectivity index (χ2n) is 6.18. The smallest absolute Gasteiger partial charge is 0.165 e. The number of ether oxygens (including phenoxy) is 1. The lowest BCUT2D eigenvalue weighted by Crippen LogP contribution is -2.38. The molecule has 2 aliphatic heterocycles. The number of benzene rings is 1. The molecule has 0 radical (unpaired) electrons. The van der Waals surface area contributed by atoms with Gasteiger partial charge in [-0.1, -0.05) is 6.07 Å². The van der Waals surface area contributed by atoms with Crippen molar-refractivity contribution in [3.8, 4) is 5.75 Å². The molecule has 0 aliphatic carbocycles. The molecule has 2 fully saturated rings. The molecule has 1 aromatic rings. The number of piperidine rings is 1. The molecule has 0 saturated carbocycles. The molecule has 2 saturated heterocycles. The van der Waals surface area contributed by atoms with Crippen LogP contribution in [0.15, 0.2) is 18.2 Å². The third kappa shape index (κ3) is 2.81.